The van der Waals surface area contributed by atoms with Crippen molar-refractivity contribution in [1.82, 2.24) is 30.4 Å². The first kappa shape index (κ1) is 16.1. The molecule has 3 heterocycles. The van der Waals surface area contributed by atoms with Crippen LogP contribution in [0.5, 0.6) is 0 Å². The average Bonchev–Trinajstić information content (AvgIpc) is 3.02. The maximum absolute atomic E-state index is 12.3. The number of amides is 4. The lowest BCUT2D eigenvalue weighted by atomic mass is 9.98. The summed E-state index contributed by atoms with van der Waals surface area (Å²) in [7, 11) is 0. The van der Waals surface area contributed by atoms with Crippen molar-refractivity contribution in [2.24, 2.45) is 11.8 Å². The van der Waals surface area contributed by atoms with Gasteiger partial charge in [0.1, 0.15) is 12.4 Å². The molecular weight excluding hydrogens is 324 g/mol. The first-order chi connectivity index (χ1) is 12.1. The van der Waals surface area contributed by atoms with Crippen LogP contribution in [0.3, 0.4) is 0 Å². The zero-order valence-electron chi connectivity index (χ0n) is 13.9. The monoisotopic (exact) mass is 346 g/mol. The number of H-pyrrole nitrogens is 1. The Hall–Kier alpha value is -2.42. The summed E-state index contributed by atoms with van der Waals surface area (Å²) in [6.45, 7) is 2.18. The van der Waals surface area contributed by atoms with Crippen LogP contribution in [0.25, 0.3) is 0 Å². The number of nitrogens with one attached hydrogen (secondary N) is 3. The Morgan fingerprint density at radius 3 is 2.80 bits per heavy atom. The summed E-state index contributed by atoms with van der Waals surface area (Å²) in [6, 6.07) is -0.444. The molecule has 3 fully saturated rings. The molecular formula is C16H22N6O3. The normalized spacial score (nSPS) is 27.0. The molecule has 0 spiro atoms. The van der Waals surface area contributed by atoms with E-state index in [4.69, 9.17) is 0 Å². The third kappa shape index (κ3) is 3.51. The quantitative estimate of drug-likeness (QED) is 0.589. The summed E-state index contributed by atoms with van der Waals surface area (Å²) in [4.78, 5) is 46.1. The molecule has 1 aromatic heterocycles. The van der Waals surface area contributed by atoms with Crippen LogP contribution in [0.4, 0.5) is 4.79 Å². The number of hydrogen-bond donors (Lipinski definition) is 3. The Morgan fingerprint density at radius 2 is 2.16 bits per heavy atom. The topological polar surface area (TPSA) is 110 Å². The molecule has 3 N–H and O–H groups in total. The van der Waals surface area contributed by atoms with Crippen LogP contribution in [0, 0.1) is 11.8 Å². The molecule has 0 bridgehead atoms. The summed E-state index contributed by atoms with van der Waals surface area (Å²) < 4.78 is 0. The molecule has 0 radical (unpaired) electrons. The fraction of sp³-hybridized carbons (Fsp3) is 0.625. The third-order valence-corrected chi connectivity index (χ3v) is 5.18. The Labute approximate surface area is 145 Å². The van der Waals surface area contributed by atoms with Crippen molar-refractivity contribution in [3.05, 3.63) is 18.2 Å². The molecule has 3 aliphatic rings. The van der Waals surface area contributed by atoms with Crippen molar-refractivity contribution >= 4 is 17.8 Å². The minimum Gasteiger partial charge on any atom is -0.350 e. The number of urea groups is 1. The predicted octanol–water partition coefficient (Wildman–Crippen LogP) is -0.712. The van der Waals surface area contributed by atoms with Crippen molar-refractivity contribution < 1.29 is 14.4 Å². The Morgan fingerprint density at radius 1 is 1.32 bits per heavy atom. The van der Waals surface area contributed by atoms with E-state index < -0.39 is 6.03 Å². The molecule has 4 rings (SSSR count). The highest BCUT2D eigenvalue weighted by Gasteiger charge is 2.43. The van der Waals surface area contributed by atoms with E-state index >= 15 is 0 Å². The lowest BCUT2D eigenvalue weighted by Gasteiger charge is -2.21. The van der Waals surface area contributed by atoms with E-state index in [9.17, 15) is 14.4 Å². The summed E-state index contributed by atoms with van der Waals surface area (Å²) in [5, 5.41) is 5.47. The number of hydrogen-bond acceptors (Lipinski definition) is 5. The van der Waals surface area contributed by atoms with Gasteiger partial charge in [-0.2, -0.15) is 0 Å². The van der Waals surface area contributed by atoms with E-state index in [0.717, 1.165) is 30.4 Å². The van der Waals surface area contributed by atoms with Crippen molar-refractivity contribution in [2.45, 2.75) is 25.4 Å². The number of carbonyl (C=O) groups excluding carboxylic acids is 3. The number of rotatable bonds is 6. The molecule has 0 unspecified atom stereocenters. The first-order valence-electron chi connectivity index (χ1n) is 8.68. The fourth-order valence-corrected chi connectivity index (χ4v) is 3.80. The summed E-state index contributed by atoms with van der Waals surface area (Å²) in [5.74, 6) is 1.36. The van der Waals surface area contributed by atoms with Crippen LogP contribution < -0.4 is 10.6 Å². The van der Waals surface area contributed by atoms with E-state index in [1.165, 1.54) is 12.8 Å². The van der Waals surface area contributed by atoms with E-state index in [1.807, 2.05) is 0 Å². The second kappa shape index (κ2) is 6.47. The maximum atomic E-state index is 12.3. The lowest BCUT2D eigenvalue weighted by molar-refractivity contribution is -0.131. The van der Waals surface area contributed by atoms with Crippen LogP contribution in [0.15, 0.2) is 12.4 Å². The van der Waals surface area contributed by atoms with Gasteiger partial charge in [-0.25, -0.2) is 9.78 Å². The molecule has 2 atom stereocenters. The van der Waals surface area contributed by atoms with E-state index in [1.54, 1.807) is 12.4 Å². The Kier molecular flexibility index (Phi) is 4.16. The average molecular weight is 346 g/mol. The number of imidazole rings is 1. The molecule has 1 aliphatic carbocycles. The van der Waals surface area contributed by atoms with Crippen molar-refractivity contribution in [1.29, 1.82) is 0 Å². The van der Waals surface area contributed by atoms with Crippen molar-refractivity contribution in [3.63, 3.8) is 0 Å². The molecule has 9 heteroatoms. The van der Waals surface area contributed by atoms with Crippen LogP contribution in [0.2, 0.25) is 0 Å². The Bertz CT molecular complexity index is 655. The van der Waals surface area contributed by atoms with Crippen LogP contribution in [-0.4, -0.2) is 69.8 Å². The van der Waals surface area contributed by atoms with E-state index in [2.05, 4.69) is 25.5 Å². The smallest absolute Gasteiger partial charge is 0.325 e. The second-order valence-corrected chi connectivity index (χ2v) is 7.04. The second-order valence-electron chi connectivity index (χ2n) is 7.04. The van der Waals surface area contributed by atoms with Gasteiger partial charge in [0.2, 0.25) is 5.91 Å². The zero-order valence-corrected chi connectivity index (χ0v) is 13.9. The fourth-order valence-electron chi connectivity index (χ4n) is 3.80. The van der Waals surface area contributed by atoms with Gasteiger partial charge in [-0.1, -0.05) is 0 Å². The first-order valence-corrected chi connectivity index (χ1v) is 8.68. The van der Waals surface area contributed by atoms with Crippen molar-refractivity contribution in [2.75, 3.05) is 26.2 Å². The lowest BCUT2D eigenvalue weighted by Crippen LogP contribution is -2.47. The van der Waals surface area contributed by atoms with Gasteiger partial charge >= 0.3 is 6.03 Å². The SMILES string of the molecule is O=C(CN1C(=O)CNC1=O)N[C@@H]1CN(Cc2ncc[nH]2)C[C@H]1C1CC1. The van der Waals surface area contributed by atoms with Gasteiger partial charge in [-0.15, -0.1) is 0 Å². The molecule has 25 heavy (non-hydrogen) atoms. The third-order valence-electron chi connectivity index (χ3n) is 5.18. The van der Waals surface area contributed by atoms with Gasteiger partial charge in [0, 0.05) is 31.5 Å². The summed E-state index contributed by atoms with van der Waals surface area (Å²) in [6.07, 6.45) is 5.96. The van der Waals surface area contributed by atoms with Crippen LogP contribution in [-0.2, 0) is 16.1 Å². The largest absolute Gasteiger partial charge is 0.350 e. The van der Waals surface area contributed by atoms with E-state index in [0.29, 0.717) is 11.8 Å². The highest BCUT2D eigenvalue weighted by molar-refractivity contribution is 6.04. The van der Waals surface area contributed by atoms with Gasteiger partial charge in [0.15, 0.2) is 0 Å². The number of aromatic amines is 1. The molecule has 134 valence electrons. The van der Waals surface area contributed by atoms with Gasteiger partial charge in [0.05, 0.1) is 13.1 Å². The number of aromatic nitrogens is 2. The van der Waals surface area contributed by atoms with Crippen LogP contribution >= 0.6 is 0 Å². The minimum atomic E-state index is -0.496. The van der Waals surface area contributed by atoms with Gasteiger partial charge in [-0.3, -0.25) is 19.4 Å². The number of imide groups is 1. The molecule has 2 saturated heterocycles. The van der Waals surface area contributed by atoms with Gasteiger partial charge in [-0.05, 0) is 24.7 Å². The van der Waals surface area contributed by atoms with E-state index in [-0.39, 0.29) is 30.9 Å². The highest BCUT2D eigenvalue weighted by atomic mass is 16.2. The van der Waals surface area contributed by atoms with Crippen molar-refractivity contribution in [3.8, 4) is 0 Å². The zero-order chi connectivity index (χ0) is 17.4. The molecule has 1 aromatic rings. The van der Waals surface area contributed by atoms with Gasteiger partial charge < -0.3 is 15.6 Å². The van der Waals surface area contributed by atoms with Gasteiger partial charge in [0.25, 0.3) is 5.91 Å². The minimum absolute atomic E-state index is 0.0306. The molecule has 9 nitrogen and oxygen atoms in total. The van der Waals surface area contributed by atoms with Crippen LogP contribution in [0.1, 0.15) is 18.7 Å². The highest BCUT2D eigenvalue weighted by Crippen LogP contribution is 2.41. The molecule has 4 amide bonds. The summed E-state index contributed by atoms with van der Waals surface area (Å²) in [5.41, 5.74) is 0. The number of carbonyl (C=O) groups is 3. The summed E-state index contributed by atoms with van der Waals surface area (Å²) >= 11 is 0. The number of likely N-dealkylation sites (tertiary alicyclic amines) is 1. The standard InChI is InChI=1S/C16H22N6O3/c23-14(9-22-15(24)5-19-16(22)25)20-12-7-21(6-11(12)10-1-2-10)8-13-17-3-4-18-13/h3-4,10-12H,1-2,5-9H2,(H,17,18)(H,19,25)(H,20,23)/t11-,12+/m0/s1. The predicted molar refractivity (Wildman–Crippen MR) is 87.1 cm³/mol. The molecule has 1 saturated carbocycles. The number of nitrogens with zero attached hydrogens (tertiary/aromatic N) is 3. The Balaban J connectivity index is 1.35. The molecule has 0 aromatic carbocycles. The molecule has 2 aliphatic heterocycles. The maximum Gasteiger partial charge on any atom is 0.325 e.